The van der Waals surface area contributed by atoms with E-state index in [0.29, 0.717) is 30.2 Å². The number of aliphatic hydroxyl groups is 2. The molecule has 3 N–H and O–H groups in total. The molecule has 0 radical (unpaired) electrons. The maximum Gasteiger partial charge on any atom is 0.417 e. The lowest BCUT2D eigenvalue weighted by Gasteiger charge is -2.16. The first-order valence-corrected chi connectivity index (χ1v) is 10.5. The maximum atomic E-state index is 13.2. The monoisotopic (exact) mass is 475 g/mol. The van der Waals surface area contributed by atoms with Gasteiger partial charge in [-0.05, 0) is 18.6 Å². The molecule has 2 aliphatic rings. The minimum absolute atomic E-state index is 0.0811. The molecule has 0 spiro atoms. The van der Waals surface area contributed by atoms with E-state index in [1.54, 1.807) is 0 Å². The number of hydrogen-bond acceptors (Lipinski definition) is 8. The topological polar surface area (TPSA) is 115 Å². The summed E-state index contributed by atoms with van der Waals surface area (Å²) >= 11 is 0. The van der Waals surface area contributed by atoms with E-state index in [-0.39, 0.29) is 11.6 Å². The number of imidazole rings is 1. The number of aromatic nitrogens is 4. The van der Waals surface area contributed by atoms with Crippen LogP contribution in [-0.4, -0.2) is 67.3 Å². The van der Waals surface area contributed by atoms with Crippen molar-refractivity contribution in [2.75, 3.05) is 18.5 Å². The van der Waals surface area contributed by atoms with Crippen LogP contribution in [0.2, 0.25) is 0 Å². The normalized spacial score (nSPS) is 27.0. The fourth-order valence-corrected chi connectivity index (χ4v) is 3.98. The smallest absolute Gasteiger partial charge is 0.386 e. The summed E-state index contributed by atoms with van der Waals surface area (Å²) < 4.78 is 52.2. The summed E-state index contributed by atoms with van der Waals surface area (Å²) in [6.07, 6.45) is -6.22. The number of hydrogen-bond donors (Lipinski definition) is 3. The third-order valence-electron chi connectivity index (χ3n) is 5.72. The van der Waals surface area contributed by atoms with E-state index in [1.807, 2.05) is 0 Å². The standard InChI is InChI=1S/C22H20F3N5O4/c23-22(24,25)14-4-2-1-3-12(14)5-6-15-17(31)18(32)21(34-15)30-11-28-16-19(26-10-27-20(16)30)29-13-7-8-33-9-13/h1-4,10-11,13,15,17-18,21,31-32H,7-9H2,(H,26,27,29)/t13?,15-,17-,18-,21-/m1/s1. The van der Waals surface area contributed by atoms with Gasteiger partial charge in [-0.25, -0.2) is 15.0 Å². The highest BCUT2D eigenvalue weighted by Crippen LogP contribution is 2.34. The first-order chi connectivity index (χ1) is 16.3. The summed E-state index contributed by atoms with van der Waals surface area (Å²) in [4.78, 5) is 12.8. The molecule has 0 saturated carbocycles. The molecule has 5 rings (SSSR count). The molecule has 12 heteroatoms. The number of anilines is 1. The molecule has 1 unspecified atom stereocenters. The highest BCUT2D eigenvalue weighted by molar-refractivity contribution is 5.82. The van der Waals surface area contributed by atoms with Crippen LogP contribution in [0.15, 0.2) is 36.9 Å². The molecule has 2 aliphatic heterocycles. The average molecular weight is 475 g/mol. The van der Waals surface area contributed by atoms with Crippen LogP contribution in [0.25, 0.3) is 11.2 Å². The first-order valence-electron chi connectivity index (χ1n) is 10.5. The van der Waals surface area contributed by atoms with E-state index < -0.39 is 36.3 Å². The van der Waals surface area contributed by atoms with Crippen LogP contribution < -0.4 is 5.32 Å². The van der Waals surface area contributed by atoms with Crippen LogP contribution in [0.1, 0.15) is 23.8 Å². The van der Waals surface area contributed by atoms with Crippen LogP contribution in [-0.2, 0) is 15.7 Å². The highest BCUT2D eigenvalue weighted by atomic mass is 19.4. The zero-order valence-electron chi connectivity index (χ0n) is 17.6. The third kappa shape index (κ3) is 4.19. The quantitative estimate of drug-likeness (QED) is 0.491. The van der Waals surface area contributed by atoms with E-state index in [0.717, 1.165) is 12.5 Å². The van der Waals surface area contributed by atoms with Crippen LogP contribution in [0.4, 0.5) is 19.0 Å². The Morgan fingerprint density at radius 3 is 2.71 bits per heavy atom. The number of alkyl halides is 3. The van der Waals surface area contributed by atoms with E-state index in [9.17, 15) is 23.4 Å². The summed E-state index contributed by atoms with van der Waals surface area (Å²) in [5.41, 5.74) is -0.356. The third-order valence-corrected chi connectivity index (χ3v) is 5.72. The number of nitrogens with zero attached hydrogens (tertiary/aromatic N) is 4. The fraction of sp³-hybridized carbons (Fsp3) is 0.409. The van der Waals surface area contributed by atoms with Crippen molar-refractivity contribution in [3.8, 4) is 11.8 Å². The van der Waals surface area contributed by atoms with Crippen LogP contribution in [0.3, 0.4) is 0 Å². The molecule has 0 bridgehead atoms. The lowest BCUT2D eigenvalue weighted by molar-refractivity contribution is -0.137. The van der Waals surface area contributed by atoms with Crippen LogP contribution >= 0.6 is 0 Å². The lowest BCUT2D eigenvalue weighted by atomic mass is 10.1. The second kappa shape index (κ2) is 8.84. The predicted molar refractivity (Wildman–Crippen MR) is 112 cm³/mol. The van der Waals surface area contributed by atoms with Crippen molar-refractivity contribution in [3.63, 3.8) is 0 Å². The van der Waals surface area contributed by atoms with Gasteiger partial charge in [-0.3, -0.25) is 4.57 Å². The minimum atomic E-state index is -4.58. The molecular formula is C22H20F3N5O4. The minimum Gasteiger partial charge on any atom is -0.386 e. The van der Waals surface area contributed by atoms with Gasteiger partial charge in [-0.2, -0.15) is 13.2 Å². The molecule has 5 atom stereocenters. The molecule has 0 amide bonds. The molecule has 2 fully saturated rings. The van der Waals surface area contributed by atoms with Crippen molar-refractivity contribution in [3.05, 3.63) is 48.0 Å². The molecule has 178 valence electrons. The van der Waals surface area contributed by atoms with Gasteiger partial charge in [0.05, 0.1) is 24.5 Å². The van der Waals surface area contributed by atoms with E-state index >= 15 is 0 Å². The van der Waals surface area contributed by atoms with Crippen LogP contribution in [0, 0.1) is 11.8 Å². The van der Waals surface area contributed by atoms with E-state index in [4.69, 9.17) is 9.47 Å². The summed E-state index contributed by atoms with van der Waals surface area (Å²) in [5.74, 6) is 5.43. The Kier molecular flexibility index (Phi) is 5.86. The van der Waals surface area contributed by atoms with Gasteiger partial charge in [0.15, 0.2) is 23.2 Å². The summed E-state index contributed by atoms with van der Waals surface area (Å²) in [6, 6.07) is 4.94. The van der Waals surface area contributed by atoms with Crippen molar-refractivity contribution in [2.45, 2.75) is 43.2 Å². The van der Waals surface area contributed by atoms with Crippen molar-refractivity contribution in [1.29, 1.82) is 0 Å². The highest BCUT2D eigenvalue weighted by Gasteiger charge is 2.44. The van der Waals surface area contributed by atoms with Gasteiger partial charge < -0.3 is 25.0 Å². The number of aliphatic hydroxyl groups excluding tert-OH is 2. The fourth-order valence-electron chi connectivity index (χ4n) is 3.98. The van der Waals surface area contributed by atoms with Crippen molar-refractivity contribution in [2.24, 2.45) is 0 Å². The predicted octanol–water partition coefficient (Wildman–Crippen LogP) is 1.72. The molecule has 9 nitrogen and oxygen atoms in total. The Bertz CT molecular complexity index is 1250. The zero-order chi connectivity index (χ0) is 23.9. The van der Waals surface area contributed by atoms with Gasteiger partial charge in [0.1, 0.15) is 24.6 Å². The Morgan fingerprint density at radius 1 is 1.12 bits per heavy atom. The van der Waals surface area contributed by atoms with E-state index in [2.05, 4.69) is 32.1 Å². The van der Waals surface area contributed by atoms with Gasteiger partial charge in [0.2, 0.25) is 0 Å². The summed E-state index contributed by atoms with van der Waals surface area (Å²) in [7, 11) is 0. The molecule has 0 aliphatic carbocycles. The van der Waals surface area contributed by atoms with Crippen molar-refractivity contribution < 1.29 is 32.9 Å². The summed E-state index contributed by atoms with van der Waals surface area (Å²) in [5, 5.41) is 24.3. The largest absolute Gasteiger partial charge is 0.417 e. The Morgan fingerprint density at radius 2 is 1.94 bits per heavy atom. The van der Waals surface area contributed by atoms with Crippen LogP contribution in [0.5, 0.6) is 0 Å². The average Bonchev–Trinajstić information content (AvgIpc) is 3.54. The second-order valence-electron chi connectivity index (χ2n) is 7.99. The Balaban J connectivity index is 1.41. The molecule has 4 heterocycles. The number of halogens is 3. The molecule has 2 saturated heterocycles. The second-order valence-corrected chi connectivity index (χ2v) is 7.99. The number of rotatable bonds is 3. The number of ether oxygens (including phenoxy) is 2. The molecule has 1 aromatic carbocycles. The zero-order valence-corrected chi connectivity index (χ0v) is 17.6. The summed E-state index contributed by atoms with van der Waals surface area (Å²) in [6.45, 7) is 1.19. The Hall–Kier alpha value is -3.24. The Labute approximate surface area is 191 Å². The van der Waals surface area contributed by atoms with E-state index in [1.165, 1.54) is 35.4 Å². The lowest BCUT2D eigenvalue weighted by Crippen LogP contribution is -2.31. The molecular weight excluding hydrogens is 455 g/mol. The molecule has 34 heavy (non-hydrogen) atoms. The number of nitrogens with one attached hydrogen (secondary N) is 1. The SMILES string of the molecule is O[C@@H]1[C@H](O)[C@@H](C#Cc2ccccc2C(F)(F)F)O[C@H]1n1cnc2c(NC3CCOC3)ncnc21. The number of fused-ring (bicyclic) bond motifs is 1. The van der Waals surface area contributed by atoms with Crippen molar-refractivity contribution in [1.82, 2.24) is 19.5 Å². The van der Waals surface area contributed by atoms with Gasteiger partial charge in [-0.1, -0.05) is 24.0 Å². The maximum absolute atomic E-state index is 13.2. The van der Waals surface area contributed by atoms with Gasteiger partial charge in [0, 0.05) is 12.2 Å². The van der Waals surface area contributed by atoms with Gasteiger partial charge in [0.25, 0.3) is 0 Å². The molecule has 2 aromatic heterocycles. The number of benzene rings is 1. The van der Waals surface area contributed by atoms with Gasteiger partial charge in [-0.15, -0.1) is 0 Å². The molecule has 3 aromatic rings. The van der Waals surface area contributed by atoms with Crippen molar-refractivity contribution >= 4 is 17.0 Å². The van der Waals surface area contributed by atoms with Gasteiger partial charge >= 0.3 is 6.18 Å². The first kappa shape index (κ1) is 22.5.